The number of rotatable bonds is 5. The molecule has 0 unspecified atom stereocenters. The molecule has 122 valence electrons. The minimum atomic E-state index is -0.243. The van der Waals surface area contributed by atoms with Crippen LogP contribution in [-0.4, -0.2) is 26.9 Å². The molecule has 1 aromatic heterocycles. The second kappa shape index (κ2) is 7.42. The number of aliphatic hydroxyl groups excluding tert-OH is 1. The summed E-state index contributed by atoms with van der Waals surface area (Å²) in [6.07, 6.45) is 6.35. The highest BCUT2D eigenvalue weighted by atomic mass is 16.3. The lowest BCUT2D eigenvalue weighted by atomic mass is 9.86. The van der Waals surface area contributed by atoms with Crippen molar-refractivity contribution in [3.05, 3.63) is 54.4 Å². The maximum absolute atomic E-state index is 12.6. The average Bonchev–Trinajstić information content (AvgIpc) is 3.09. The summed E-state index contributed by atoms with van der Waals surface area (Å²) in [6.45, 7) is 0.609. The fraction of sp³-hybridized carbons (Fsp3) is 0.444. The third-order valence-electron chi connectivity index (χ3n) is 4.51. The van der Waals surface area contributed by atoms with Crippen molar-refractivity contribution >= 4 is 5.91 Å². The first-order valence-corrected chi connectivity index (χ1v) is 8.23. The first kappa shape index (κ1) is 15.7. The van der Waals surface area contributed by atoms with Crippen LogP contribution in [0.4, 0.5) is 0 Å². The van der Waals surface area contributed by atoms with E-state index in [0.717, 1.165) is 18.4 Å². The van der Waals surface area contributed by atoms with Crippen molar-refractivity contribution in [3.8, 4) is 0 Å². The number of hydrogen-bond donors (Lipinski definition) is 2. The molecule has 23 heavy (non-hydrogen) atoms. The van der Waals surface area contributed by atoms with Crippen LogP contribution >= 0.6 is 0 Å². The Morgan fingerprint density at radius 2 is 1.96 bits per heavy atom. The van der Waals surface area contributed by atoms with Gasteiger partial charge in [-0.05, 0) is 37.3 Å². The van der Waals surface area contributed by atoms with E-state index in [1.165, 1.54) is 0 Å². The summed E-state index contributed by atoms with van der Waals surface area (Å²) in [5.41, 5.74) is 1.08. The number of amides is 1. The first-order chi connectivity index (χ1) is 11.2. The highest BCUT2D eigenvalue weighted by Crippen LogP contribution is 2.25. The molecule has 1 saturated carbocycles. The van der Waals surface area contributed by atoms with E-state index in [1.54, 1.807) is 6.20 Å². The third kappa shape index (κ3) is 4.20. The molecule has 5 heteroatoms. The molecule has 2 aromatic rings. The van der Waals surface area contributed by atoms with Crippen molar-refractivity contribution in [1.82, 2.24) is 15.1 Å². The summed E-state index contributed by atoms with van der Waals surface area (Å²) in [6, 6.07) is 11.8. The molecule has 1 atom stereocenters. The largest absolute Gasteiger partial charge is 0.393 e. The van der Waals surface area contributed by atoms with Gasteiger partial charge < -0.3 is 10.4 Å². The van der Waals surface area contributed by atoms with Gasteiger partial charge in [0.25, 0.3) is 0 Å². The van der Waals surface area contributed by atoms with Crippen LogP contribution in [0.3, 0.4) is 0 Å². The van der Waals surface area contributed by atoms with E-state index in [-0.39, 0.29) is 24.0 Å². The van der Waals surface area contributed by atoms with Crippen LogP contribution in [0, 0.1) is 5.92 Å². The van der Waals surface area contributed by atoms with Gasteiger partial charge in [0.2, 0.25) is 5.91 Å². The van der Waals surface area contributed by atoms with Crippen molar-refractivity contribution in [3.63, 3.8) is 0 Å². The Morgan fingerprint density at radius 1 is 1.22 bits per heavy atom. The zero-order valence-electron chi connectivity index (χ0n) is 13.1. The van der Waals surface area contributed by atoms with E-state index in [2.05, 4.69) is 10.4 Å². The first-order valence-electron chi connectivity index (χ1n) is 8.23. The number of aliphatic hydroxyl groups is 1. The molecule has 2 N–H and O–H groups in total. The molecular formula is C18H23N3O2. The lowest BCUT2D eigenvalue weighted by Gasteiger charge is -2.27. The minimum absolute atomic E-state index is 0.00207. The Kier molecular flexibility index (Phi) is 5.08. The zero-order valence-corrected chi connectivity index (χ0v) is 13.1. The molecule has 3 rings (SSSR count). The van der Waals surface area contributed by atoms with Crippen molar-refractivity contribution in [2.45, 2.75) is 44.4 Å². The highest BCUT2D eigenvalue weighted by molar-refractivity contribution is 5.79. The van der Waals surface area contributed by atoms with E-state index in [1.807, 2.05) is 47.3 Å². The Labute approximate surface area is 136 Å². The molecule has 1 aliphatic carbocycles. The fourth-order valence-electron chi connectivity index (χ4n) is 3.14. The summed E-state index contributed by atoms with van der Waals surface area (Å²) in [5.74, 6) is 0.0835. The molecule has 0 saturated heterocycles. The van der Waals surface area contributed by atoms with Crippen molar-refractivity contribution in [2.24, 2.45) is 5.92 Å². The third-order valence-corrected chi connectivity index (χ3v) is 4.51. The SMILES string of the molecule is O=C(N[C@H](Cn1cccn1)c1ccccc1)C1CCC(O)CC1. The predicted octanol–water partition coefficient (Wildman–Crippen LogP) is 2.29. The van der Waals surface area contributed by atoms with Gasteiger partial charge in [0.1, 0.15) is 0 Å². The molecule has 1 aromatic carbocycles. The highest BCUT2D eigenvalue weighted by Gasteiger charge is 2.27. The molecular weight excluding hydrogens is 290 g/mol. The lowest BCUT2D eigenvalue weighted by molar-refractivity contribution is -0.127. The van der Waals surface area contributed by atoms with E-state index < -0.39 is 0 Å². The summed E-state index contributed by atoms with van der Waals surface area (Å²) >= 11 is 0. The number of aromatic nitrogens is 2. The summed E-state index contributed by atoms with van der Waals surface area (Å²) in [7, 11) is 0. The van der Waals surface area contributed by atoms with Crippen LogP contribution in [0.1, 0.15) is 37.3 Å². The van der Waals surface area contributed by atoms with Crippen LogP contribution < -0.4 is 5.32 Å². The van der Waals surface area contributed by atoms with E-state index in [9.17, 15) is 9.90 Å². The van der Waals surface area contributed by atoms with Gasteiger partial charge in [-0.15, -0.1) is 0 Å². The smallest absolute Gasteiger partial charge is 0.223 e. The maximum Gasteiger partial charge on any atom is 0.223 e. The predicted molar refractivity (Wildman–Crippen MR) is 87.5 cm³/mol. The Hall–Kier alpha value is -2.14. The molecule has 0 radical (unpaired) electrons. The molecule has 1 fully saturated rings. The standard InChI is InChI=1S/C18H23N3O2/c22-16-9-7-15(8-10-16)18(23)20-17(13-21-12-4-11-19-21)14-5-2-1-3-6-14/h1-6,11-12,15-17,22H,7-10,13H2,(H,20,23)/t15?,16?,17-/m1/s1. The number of carbonyl (C=O) groups is 1. The average molecular weight is 313 g/mol. The Bertz CT molecular complexity index is 604. The quantitative estimate of drug-likeness (QED) is 0.890. The van der Waals surface area contributed by atoms with Crippen LogP contribution in [0.25, 0.3) is 0 Å². The number of carbonyl (C=O) groups excluding carboxylic acids is 1. The topological polar surface area (TPSA) is 67.2 Å². The van der Waals surface area contributed by atoms with E-state index in [4.69, 9.17) is 0 Å². The van der Waals surface area contributed by atoms with Crippen LogP contribution in [-0.2, 0) is 11.3 Å². The monoisotopic (exact) mass is 313 g/mol. The van der Waals surface area contributed by atoms with Crippen LogP contribution in [0.5, 0.6) is 0 Å². The molecule has 5 nitrogen and oxygen atoms in total. The van der Waals surface area contributed by atoms with Gasteiger partial charge in [-0.1, -0.05) is 30.3 Å². The van der Waals surface area contributed by atoms with Gasteiger partial charge in [0.05, 0.1) is 18.7 Å². The van der Waals surface area contributed by atoms with Crippen molar-refractivity contribution in [2.75, 3.05) is 0 Å². The molecule has 1 aliphatic rings. The summed E-state index contributed by atoms with van der Waals surface area (Å²) < 4.78 is 1.84. The normalized spacial score (nSPS) is 22.5. The van der Waals surface area contributed by atoms with Gasteiger partial charge >= 0.3 is 0 Å². The Morgan fingerprint density at radius 3 is 2.61 bits per heavy atom. The van der Waals surface area contributed by atoms with Crippen molar-refractivity contribution in [1.29, 1.82) is 0 Å². The van der Waals surface area contributed by atoms with Crippen molar-refractivity contribution < 1.29 is 9.90 Å². The van der Waals surface area contributed by atoms with E-state index in [0.29, 0.717) is 19.4 Å². The molecule has 1 heterocycles. The second-order valence-corrected chi connectivity index (χ2v) is 6.21. The molecule has 1 amide bonds. The van der Waals surface area contributed by atoms with E-state index >= 15 is 0 Å². The fourth-order valence-corrected chi connectivity index (χ4v) is 3.14. The van der Waals surface area contributed by atoms with Gasteiger partial charge in [-0.3, -0.25) is 9.48 Å². The Balaban J connectivity index is 1.69. The van der Waals surface area contributed by atoms with Gasteiger partial charge in [-0.2, -0.15) is 5.10 Å². The number of nitrogens with one attached hydrogen (secondary N) is 1. The van der Waals surface area contributed by atoms with Crippen LogP contribution in [0.15, 0.2) is 48.8 Å². The van der Waals surface area contributed by atoms with Gasteiger partial charge in [0.15, 0.2) is 0 Å². The van der Waals surface area contributed by atoms with Gasteiger partial charge in [0, 0.05) is 18.3 Å². The minimum Gasteiger partial charge on any atom is -0.393 e. The zero-order chi connectivity index (χ0) is 16.1. The maximum atomic E-state index is 12.6. The second-order valence-electron chi connectivity index (χ2n) is 6.21. The molecule has 0 spiro atoms. The van der Waals surface area contributed by atoms with Crippen LogP contribution in [0.2, 0.25) is 0 Å². The summed E-state index contributed by atoms with van der Waals surface area (Å²) in [4.78, 5) is 12.6. The number of hydrogen-bond acceptors (Lipinski definition) is 3. The molecule has 0 aliphatic heterocycles. The lowest BCUT2D eigenvalue weighted by Crippen LogP contribution is -2.38. The number of nitrogens with zero attached hydrogens (tertiary/aromatic N) is 2. The van der Waals surface area contributed by atoms with Gasteiger partial charge in [-0.25, -0.2) is 0 Å². The summed E-state index contributed by atoms with van der Waals surface area (Å²) in [5, 5.41) is 17.0. The molecule has 0 bridgehead atoms. The number of benzene rings is 1.